The molecule has 2 aromatic heterocycles. The fraction of sp³-hybridized carbons (Fsp3) is 0.368. The molecule has 2 aliphatic heterocycles. The number of aromatic nitrogens is 2. The van der Waals surface area contributed by atoms with Crippen molar-refractivity contribution in [3.8, 4) is 11.3 Å². The number of ether oxygens (including phenoxy) is 3. The molecule has 2 fully saturated rings. The first-order valence-corrected chi connectivity index (χ1v) is 27.9. The molecule has 2 aliphatic rings. The number of nitro groups is 2. The molecule has 2 atom stereocenters. The Morgan fingerprint density at radius 1 is 0.682 bits per heavy atom. The van der Waals surface area contributed by atoms with E-state index in [0.717, 1.165) is 47.7 Å². The number of pyridine rings is 2. The number of carbonyl (C=O) groups excluding carboxylic acids is 2. The number of nitrogens with two attached hydrogens (primary N) is 2. The van der Waals surface area contributed by atoms with Crippen LogP contribution in [-0.2, 0) is 59.9 Å². The Hall–Kier alpha value is -7.15. The Bertz CT molecular complexity index is 2820. The Kier molecular flexibility index (Phi) is 48.4. The van der Waals surface area contributed by atoms with Gasteiger partial charge in [0.25, 0.3) is 11.4 Å². The number of nitrogens with one attached hydrogen (secondary N) is 1. The fourth-order valence-electron chi connectivity index (χ4n) is 7.43. The number of hydrogen-bond acceptors (Lipinski definition) is 20. The van der Waals surface area contributed by atoms with Gasteiger partial charge in [-0.25, -0.2) is 9.59 Å². The van der Waals surface area contributed by atoms with E-state index in [2.05, 4.69) is 49.1 Å². The van der Waals surface area contributed by atoms with Gasteiger partial charge < -0.3 is 50.9 Å². The van der Waals surface area contributed by atoms with Gasteiger partial charge in [0, 0.05) is 106 Å². The molecule has 4 aromatic carbocycles. The number of carbonyl (C=O) groups is 2. The number of benzene rings is 4. The average Bonchev–Trinajstić information content (AvgIpc) is 3.25. The molecular formula is C57H81B2F5N8O14PdPt. The summed E-state index contributed by atoms with van der Waals surface area (Å²) in [5.74, 6) is 0. The summed E-state index contributed by atoms with van der Waals surface area (Å²) in [5, 5.41) is 50.9. The molecular weight excluding hydrogens is 1440 g/mol. The number of aryl methyl sites for hydroxylation is 1. The van der Waals surface area contributed by atoms with Gasteiger partial charge in [-0.05, 0) is 166 Å². The van der Waals surface area contributed by atoms with Crippen molar-refractivity contribution in [1.82, 2.24) is 20.1 Å². The van der Waals surface area contributed by atoms with Gasteiger partial charge in [-0.15, -0.1) is 0 Å². The second kappa shape index (κ2) is 48.8. The minimum absolute atomic E-state index is 0. The SMILES string of the molecule is C.CB(O)N1CCCCC1c1ccc(N)cc1.CC(C)(C)OC(=O)OC(=O)OC(C)(C)C.Cc1ccc([N+](=O)[O-])cc1.F.FF.FF.Nc1ccc(C2CCCCN2)cc1.O=[N+]([O-])c1ccc(-c2ccccn2)cc1.OB(O)c1ccccn1.[HH].[O]=[Pt]=[O].[Pd]. The van der Waals surface area contributed by atoms with Crippen LogP contribution in [0, 0.1) is 27.2 Å². The number of nitrogens with zero attached hydrogens (tertiary/aromatic N) is 5. The van der Waals surface area contributed by atoms with Crippen molar-refractivity contribution in [3.05, 3.63) is 183 Å². The third kappa shape index (κ3) is 39.6. The molecule has 0 radical (unpaired) electrons. The molecule has 8 N–H and O–H groups in total. The summed E-state index contributed by atoms with van der Waals surface area (Å²) in [7, 11) is -1.82. The molecule has 494 valence electrons. The zero-order valence-electron chi connectivity index (χ0n) is 49.1. The molecule has 6 aromatic rings. The molecule has 88 heavy (non-hydrogen) atoms. The summed E-state index contributed by atoms with van der Waals surface area (Å²) >= 11 is -1.92. The van der Waals surface area contributed by atoms with E-state index < -0.39 is 59.0 Å². The smallest absolute Gasteiger partial charge is 0 e. The molecule has 0 aliphatic carbocycles. The van der Waals surface area contributed by atoms with Gasteiger partial charge in [0.2, 0.25) is 0 Å². The van der Waals surface area contributed by atoms with E-state index >= 15 is 0 Å². The average molecular weight is 1520 g/mol. The number of non-ortho nitro benzene ring substituents is 2. The van der Waals surface area contributed by atoms with Crippen LogP contribution in [0.25, 0.3) is 11.3 Å². The van der Waals surface area contributed by atoms with Gasteiger partial charge in [-0.2, -0.15) is 0 Å². The molecule has 2 saturated heterocycles. The maximum atomic E-state index is 11.0. The molecule has 0 spiro atoms. The second-order valence-electron chi connectivity index (χ2n) is 20.0. The predicted octanol–water partition coefficient (Wildman–Crippen LogP) is 12.7. The van der Waals surface area contributed by atoms with E-state index in [4.69, 9.17) is 56.1 Å². The van der Waals surface area contributed by atoms with Crippen LogP contribution >= 0.6 is 0 Å². The first-order valence-electron chi connectivity index (χ1n) is 26.0. The van der Waals surface area contributed by atoms with Crippen LogP contribution in [0.15, 0.2) is 146 Å². The van der Waals surface area contributed by atoms with Crippen molar-refractivity contribution in [3.63, 3.8) is 0 Å². The van der Waals surface area contributed by atoms with Crippen molar-refractivity contribution >= 4 is 54.8 Å². The van der Waals surface area contributed by atoms with Crippen molar-refractivity contribution in [1.29, 1.82) is 0 Å². The molecule has 0 bridgehead atoms. The van der Waals surface area contributed by atoms with E-state index in [1.54, 1.807) is 90.2 Å². The summed E-state index contributed by atoms with van der Waals surface area (Å²) in [5.41, 5.74) is 17.4. The van der Waals surface area contributed by atoms with Crippen LogP contribution in [0.2, 0.25) is 6.82 Å². The zero-order valence-corrected chi connectivity index (χ0v) is 52.9. The number of hydrogen-bond donors (Lipinski definition) is 6. The van der Waals surface area contributed by atoms with Gasteiger partial charge in [-0.3, -0.25) is 34.9 Å². The second-order valence-corrected chi connectivity index (χ2v) is 20.4. The summed E-state index contributed by atoms with van der Waals surface area (Å²) in [6, 6.07) is 40.4. The van der Waals surface area contributed by atoms with E-state index in [1.807, 2.05) is 56.2 Å². The molecule has 22 nitrogen and oxygen atoms in total. The van der Waals surface area contributed by atoms with Gasteiger partial charge in [0.1, 0.15) is 11.2 Å². The van der Waals surface area contributed by atoms with E-state index in [0.29, 0.717) is 12.1 Å². The third-order valence-electron chi connectivity index (χ3n) is 11.2. The summed E-state index contributed by atoms with van der Waals surface area (Å²) in [6.07, 6.45) is 8.51. The first kappa shape index (κ1) is 87.3. The van der Waals surface area contributed by atoms with Crippen molar-refractivity contribution in [2.24, 2.45) is 0 Å². The van der Waals surface area contributed by atoms with Crippen LogP contribution in [-0.4, -0.2) is 90.5 Å². The Morgan fingerprint density at radius 2 is 1.11 bits per heavy atom. The first-order chi connectivity index (χ1) is 40.2. The third-order valence-corrected chi connectivity index (χ3v) is 11.2. The van der Waals surface area contributed by atoms with Crippen LogP contribution in [0.5, 0.6) is 0 Å². The molecule has 2 unspecified atom stereocenters. The summed E-state index contributed by atoms with van der Waals surface area (Å²) < 4.78 is 62.8. The van der Waals surface area contributed by atoms with Crippen molar-refractivity contribution in [2.45, 2.75) is 125 Å². The van der Waals surface area contributed by atoms with Gasteiger partial charge >= 0.3 is 51.8 Å². The number of nitro benzene ring substituents is 2. The van der Waals surface area contributed by atoms with Crippen molar-refractivity contribution < 1.29 is 119 Å². The maximum absolute atomic E-state index is 11.0. The minimum atomic E-state index is -1.92. The quantitative estimate of drug-likeness (QED) is 0.0164. The Balaban J connectivity index is -0.000000310. The largest absolute Gasteiger partial charge is 0 e. The number of piperidine rings is 2. The Morgan fingerprint density at radius 3 is 1.48 bits per heavy atom. The van der Waals surface area contributed by atoms with Crippen LogP contribution < -0.4 is 22.4 Å². The van der Waals surface area contributed by atoms with Gasteiger partial charge in [-0.1, -0.05) is 74.4 Å². The Labute approximate surface area is 534 Å². The van der Waals surface area contributed by atoms with Crippen molar-refractivity contribution in [2.75, 3.05) is 24.6 Å². The zero-order chi connectivity index (χ0) is 64.5. The van der Waals surface area contributed by atoms with E-state index in [1.165, 1.54) is 73.7 Å². The van der Waals surface area contributed by atoms with Crippen LogP contribution in [0.3, 0.4) is 0 Å². The number of halogens is 5. The number of nitrogen functional groups attached to an aromatic ring is 2. The monoisotopic (exact) mass is 1520 g/mol. The summed E-state index contributed by atoms with van der Waals surface area (Å²) in [4.78, 5) is 51.8. The molecule has 0 saturated carbocycles. The van der Waals surface area contributed by atoms with Gasteiger partial charge in [0.05, 0.1) is 21.1 Å². The van der Waals surface area contributed by atoms with E-state index in [9.17, 15) is 34.8 Å². The molecule has 0 amide bonds. The number of rotatable bonds is 7. The topological polar surface area (TPSA) is 336 Å². The minimum Gasteiger partial charge on any atom is 0 e. The van der Waals surface area contributed by atoms with E-state index in [-0.39, 0.29) is 58.0 Å². The predicted molar refractivity (Wildman–Crippen MR) is 322 cm³/mol. The summed E-state index contributed by atoms with van der Waals surface area (Å²) in [6.45, 7) is 15.9. The fourth-order valence-corrected chi connectivity index (χ4v) is 7.43. The molecule has 8 rings (SSSR count). The standard InChI is InChI=1S/C12H19BN2O.C11H8N2O2.C11H16N2.C10H18O5.C7H7NO2.C5H6BNO2.CH4.2F2.FH.2O.Pd.Pt.H2/c1-13(16)15-9-3-2-4-12(15)10-5-7-11(14)8-6-10;14-13(15)10-6-4-9(5-7-10)11-3-1-2-8-12-11;12-10-6-4-9(5-7-10)11-3-1-2-8-13-11;1-9(2,3)14-7(11)13-8(12)15-10(4,5)6;1-6-2-4-7(5-3-6)8(9)10;8-6(9)5-3-1-2-4-7-5;;2*1-2;;;;;;/h5-8,12,16H,2-4,9,14H2,1H3;1-8H;4-7,11,13H,1-3,8,12H2;1-6H3;2-5H,1H3;1-4,8-9H;1H4;;;1H;;;;;1H. The number of anilines is 2. The molecule has 31 heteroatoms. The van der Waals surface area contributed by atoms with Crippen LogP contribution in [0.1, 0.15) is 118 Å². The maximum Gasteiger partial charge on any atom is 0 e. The van der Waals surface area contributed by atoms with Gasteiger partial charge in [0.15, 0.2) is 0 Å². The van der Waals surface area contributed by atoms with Crippen LogP contribution in [0.4, 0.5) is 55.3 Å². The molecule has 4 heterocycles. The normalized spacial score (nSPS) is 13.4.